The zero-order chi connectivity index (χ0) is 11.2. The third-order valence-corrected chi connectivity index (χ3v) is 1.93. The van der Waals surface area contributed by atoms with Crippen molar-refractivity contribution in [1.29, 1.82) is 0 Å². The van der Waals surface area contributed by atoms with Gasteiger partial charge in [-0.15, -0.1) is 0 Å². The van der Waals surface area contributed by atoms with Crippen LogP contribution < -0.4 is 5.73 Å². The van der Waals surface area contributed by atoms with E-state index in [9.17, 15) is 4.79 Å². The fraction of sp³-hybridized carbons (Fsp3) is 0.909. The summed E-state index contributed by atoms with van der Waals surface area (Å²) in [5, 5.41) is 0. The van der Waals surface area contributed by atoms with E-state index in [-0.39, 0.29) is 11.5 Å². The van der Waals surface area contributed by atoms with Crippen LogP contribution >= 0.6 is 0 Å². The fourth-order valence-electron chi connectivity index (χ4n) is 0.905. The molecule has 0 heterocycles. The van der Waals surface area contributed by atoms with Gasteiger partial charge in [0, 0.05) is 12.0 Å². The van der Waals surface area contributed by atoms with Crippen molar-refractivity contribution < 1.29 is 9.53 Å². The Morgan fingerprint density at radius 2 is 2.00 bits per heavy atom. The number of hydrogen-bond acceptors (Lipinski definition) is 3. The van der Waals surface area contributed by atoms with Crippen molar-refractivity contribution in [2.75, 3.05) is 6.61 Å². The number of rotatable bonds is 6. The van der Waals surface area contributed by atoms with Gasteiger partial charge in [0.15, 0.2) is 0 Å². The summed E-state index contributed by atoms with van der Waals surface area (Å²) >= 11 is 0. The fourth-order valence-corrected chi connectivity index (χ4v) is 0.905. The van der Waals surface area contributed by atoms with E-state index in [4.69, 9.17) is 10.5 Å². The van der Waals surface area contributed by atoms with E-state index in [1.165, 1.54) is 0 Å². The van der Waals surface area contributed by atoms with Gasteiger partial charge in [0.25, 0.3) is 0 Å². The molecule has 0 unspecified atom stereocenters. The molecule has 0 spiro atoms. The predicted octanol–water partition coefficient (Wildman–Crippen LogP) is 2.09. The van der Waals surface area contributed by atoms with Crippen molar-refractivity contribution in [3.05, 3.63) is 0 Å². The molecule has 14 heavy (non-hydrogen) atoms. The molecule has 3 nitrogen and oxygen atoms in total. The normalized spacial score (nSPS) is 11.9. The highest BCUT2D eigenvalue weighted by molar-refractivity contribution is 5.69. The van der Waals surface area contributed by atoms with Gasteiger partial charge in [-0.25, -0.2) is 0 Å². The highest BCUT2D eigenvalue weighted by atomic mass is 16.5. The molecule has 0 rings (SSSR count). The van der Waals surface area contributed by atoms with Crippen LogP contribution in [0.3, 0.4) is 0 Å². The second-order valence-corrected chi connectivity index (χ2v) is 4.89. The SMILES string of the molecule is CC(C)CCOC(=O)CCC(C)(C)N. The van der Waals surface area contributed by atoms with E-state index in [0.29, 0.717) is 25.4 Å². The molecule has 0 aromatic heterocycles. The van der Waals surface area contributed by atoms with E-state index < -0.39 is 0 Å². The maximum absolute atomic E-state index is 11.2. The molecule has 0 aromatic rings. The summed E-state index contributed by atoms with van der Waals surface area (Å²) in [6.45, 7) is 8.57. The molecule has 0 aliphatic carbocycles. The maximum Gasteiger partial charge on any atom is 0.305 e. The molecular weight excluding hydrogens is 178 g/mol. The van der Waals surface area contributed by atoms with Crippen LogP contribution in [0.2, 0.25) is 0 Å². The van der Waals surface area contributed by atoms with Crippen LogP contribution in [0.25, 0.3) is 0 Å². The van der Waals surface area contributed by atoms with E-state index in [2.05, 4.69) is 13.8 Å². The number of esters is 1. The van der Waals surface area contributed by atoms with Gasteiger partial charge in [0.05, 0.1) is 6.61 Å². The summed E-state index contributed by atoms with van der Waals surface area (Å²) in [6.07, 6.45) is 2.02. The molecule has 0 atom stereocenters. The lowest BCUT2D eigenvalue weighted by atomic mass is 10.0. The van der Waals surface area contributed by atoms with Crippen LogP contribution in [-0.2, 0) is 9.53 Å². The Labute approximate surface area is 87.0 Å². The second kappa shape index (κ2) is 6.02. The number of carbonyl (C=O) groups is 1. The molecule has 0 aromatic carbocycles. The molecule has 0 bridgehead atoms. The number of hydrogen-bond donors (Lipinski definition) is 1. The van der Waals surface area contributed by atoms with Crippen LogP contribution in [0, 0.1) is 5.92 Å². The summed E-state index contributed by atoms with van der Waals surface area (Å²) in [5.74, 6) is 0.443. The molecule has 84 valence electrons. The third-order valence-electron chi connectivity index (χ3n) is 1.93. The highest BCUT2D eigenvalue weighted by Crippen LogP contribution is 2.08. The van der Waals surface area contributed by atoms with Gasteiger partial charge < -0.3 is 10.5 Å². The Morgan fingerprint density at radius 1 is 1.43 bits per heavy atom. The minimum atomic E-state index is -0.281. The Bertz CT molecular complexity index is 171. The first-order valence-electron chi connectivity index (χ1n) is 5.26. The van der Waals surface area contributed by atoms with Crippen molar-refractivity contribution >= 4 is 5.97 Å². The minimum Gasteiger partial charge on any atom is -0.466 e. The van der Waals surface area contributed by atoms with E-state index >= 15 is 0 Å². The Hall–Kier alpha value is -0.570. The zero-order valence-electron chi connectivity index (χ0n) is 9.80. The average molecular weight is 201 g/mol. The van der Waals surface area contributed by atoms with Gasteiger partial charge in [-0.1, -0.05) is 13.8 Å². The molecule has 0 amide bonds. The lowest BCUT2D eigenvalue weighted by molar-refractivity contribution is -0.144. The first-order valence-corrected chi connectivity index (χ1v) is 5.26. The Kier molecular flexibility index (Phi) is 5.77. The van der Waals surface area contributed by atoms with Gasteiger partial charge >= 0.3 is 5.97 Å². The first kappa shape index (κ1) is 13.4. The van der Waals surface area contributed by atoms with Gasteiger partial charge in [-0.3, -0.25) is 4.79 Å². The molecule has 2 N–H and O–H groups in total. The van der Waals surface area contributed by atoms with E-state index in [0.717, 1.165) is 6.42 Å². The standard InChI is InChI=1S/C11H23NO2/c1-9(2)6-8-14-10(13)5-7-11(3,4)12/h9H,5-8,12H2,1-4H3. The summed E-state index contributed by atoms with van der Waals surface area (Å²) in [4.78, 5) is 11.2. The van der Waals surface area contributed by atoms with Crippen LogP contribution in [0.4, 0.5) is 0 Å². The molecular formula is C11H23NO2. The van der Waals surface area contributed by atoms with Crippen LogP contribution in [0.1, 0.15) is 47.0 Å². The quantitative estimate of drug-likeness (QED) is 0.669. The van der Waals surface area contributed by atoms with E-state index in [1.807, 2.05) is 13.8 Å². The number of carbonyl (C=O) groups excluding carboxylic acids is 1. The van der Waals surface area contributed by atoms with Crippen molar-refractivity contribution in [3.8, 4) is 0 Å². The summed E-state index contributed by atoms with van der Waals surface area (Å²) < 4.78 is 5.05. The molecule has 0 radical (unpaired) electrons. The number of ether oxygens (including phenoxy) is 1. The van der Waals surface area contributed by atoms with Gasteiger partial charge in [0.2, 0.25) is 0 Å². The van der Waals surface area contributed by atoms with Crippen molar-refractivity contribution in [2.24, 2.45) is 11.7 Å². The summed E-state index contributed by atoms with van der Waals surface area (Å²) in [5.41, 5.74) is 5.47. The highest BCUT2D eigenvalue weighted by Gasteiger charge is 2.13. The smallest absolute Gasteiger partial charge is 0.305 e. The molecule has 0 saturated carbocycles. The minimum absolute atomic E-state index is 0.135. The van der Waals surface area contributed by atoms with Crippen LogP contribution in [0.15, 0.2) is 0 Å². The first-order chi connectivity index (χ1) is 6.31. The maximum atomic E-state index is 11.2. The number of nitrogens with two attached hydrogens (primary N) is 1. The monoisotopic (exact) mass is 201 g/mol. The van der Waals surface area contributed by atoms with E-state index in [1.54, 1.807) is 0 Å². The Morgan fingerprint density at radius 3 is 2.43 bits per heavy atom. The second-order valence-electron chi connectivity index (χ2n) is 4.89. The largest absolute Gasteiger partial charge is 0.466 e. The molecule has 0 saturated heterocycles. The molecule has 3 heteroatoms. The molecule has 0 aliphatic heterocycles. The topological polar surface area (TPSA) is 52.3 Å². The van der Waals surface area contributed by atoms with Crippen LogP contribution in [-0.4, -0.2) is 18.1 Å². The third kappa shape index (κ3) is 9.52. The lowest BCUT2D eigenvalue weighted by Gasteiger charge is -2.17. The summed E-state index contributed by atoms with van der Waals surface area (Å²) in [7, 11) is 0. The van der Waals surface area contributed by atoms with Crippen molar-refractivity contribution in [2.45, 2.75) is 52.5 Å². The zero-order valence-corrected chi connectivity index (χ0v) is 9.80. The van der Waals surface area contributed by atoms with Crippen molar-refractivity contribution in [1.82, 2.24) is 0 Å². The lowest BCUT2D eigenvalue weighted by Crippen LogP contribution is -2.32. The van der Waals surface area contributed by atoms with Gasteiger partial charge in [-0.05, 0) is 32.6 Å². The molecule has 0 fully saturated rings. The molecule has 0 aliphatic rings. The average Bonchev–Trinajstić information content (AvgIpc) is 1.99. The van der Waals surface area contributed by atoms with Crippen LogP contribution in [0.5, 0.6) is 0 Å². The Balaban J connectivity index is 3.47. The van der Waals surface area contributed by atoms with Gasteiger partial charge in [-0.2, -0.15) is 0 Å². The predicted molar refractivity (Wildman–Crippen MR) is 57.9 cm³/mol. The van der Waals surface area contributed by atoms with Gasteiger partial charge in [0.1, 0.15) is 0 Å². The summed E-state index contributed by atoms with van der Waals surface area (Å²) in [6, 6.07) is 0. The van der Waals surface area contributed by atoms with Crippen molar-refractivity contribution in [3.63, 3.8) is 0 Å².